The molecule has 1 amide bonds. The monoisotopic (exact) mass is 299 g/mol. The smallest absolute Gasteiger partial charge is 0.334 e. The second-order valence-corrected chi connectivity index (χ2v) is 5.87. The number of carbonyl (C=O) groups excluding carboxylic acids is 1. The van der Waals surface area contributed by atoms with E-state index in [2.05, 4.69) is 0 Å². The third-order valence-electron chi connectivity index (χ3n) is 4.20. The molecule has 1 aliphatic heterocycles. The Labute approximate surface area is 125 Å². The lowest BCUT2D eigenvalue weighted by molar-refractivity contribution is -0.164. The van der Waals surface area contributed by atoms with Crippen molar-refractivity contribution in [2.24, 2.45) is 0 Å². The topological polar surface area (TPSA) is 76.1 Å². The van der Waals surface area contributed by atoms with Crippen molar-refractivity contribution in [3.05, 3.63) is 0 Å². The Morgan fingerprint density at radius 1 is 1.24 bits per heavy atom. The molecule has 0 aromatic carbocycles. The second kappa shape index (κ2) is 7.75. The average molecular weight is 299 g/mol. The molecule has 1 heterocycles. The number of carboxylic acids is 1. The lowest BCUT2D eigenvalue weighted by atomic mass is 10.1. The highest BCUT2D eigenvalue weighted by molar-refractivity contribution is 5.82. The molecule has 2 aliphatic rings. The van der Waals surface area contributed by atoms with E-state index in [4.69, 9.17) is 14.6 Å². The van der Waals surface area contributed by atoms with Gasteiger partial charge in [0.05, 0.1) is 19.3 Å². The summed E-state index contributed by atoms with van der Waals surface area (Å²) in [4.78, 5) is 24.9. The fourth-order valence-electron chi connectivity index (χ4n) is 2.98. The van der Waals surface area contributed by atoms with E-state index in [1.807, 2.05) is 0 Å². The number of carboxylic acid groups (broad SMARTS) is 1. The van der Waals surface area contributed by atoms with Crippen LogP contribution in [0.25, 0.3) is 0 Å². The average Bonchev–Trinajstić information content (AvgIpc) is 2.75. The zero-order valence-electron chi connectivity index (χ0n) is 12.6. The van der Waals surface area contributed by atoms with Crippen molar-refractivity contribution in [3.8, 4) is 0 Å². The van der Waals surface area contributed by atoms with Crippen LogP contribution in [0.1, 0.15) is 45.4 Å². The highest BCUT2D eigenvalue weighted by Gasteiger charge is 2.32. The van der Waals surface area contributed by atoms with Gasteiger partial charge in [0.2, 0.25) is 0 Å². The van der Waals surface area contributed by atoms with E-state index >= 15 is 0 Å². The first-order chi connectivity index (χ1) is 10.1. The van der Waals surface area contributed by atoms with Crippen molar-refractivity contribution in [1.29, 1.82) is 0 Å². The predicted molar refractivity (Wildman–Crippen MR) is 76.0 cm³/mol. The molecule has 0 aromatic heterocycles. The van der Waals surface area contributed by atoms with Gasteiger partial charge in [0.25, 0.3) is 5.91 Å². The molecule has 120 valence electrons. The van der Waals surface area contributed by atoms with E-state index in [9.17, 15) is 9.59 Å². The fourth-order valence-corrected chi connectivity index (χ4v) is 2.98. The normalized spacial score (nSPS) is 26.1. The number of ether oxygens (including phenoxy) is 2. The molecule has 6 heteroatoms. The van der Waals surface area contributed by atoms with Gasteiger partial charge in [0.1, 0.15) is 6.10 Å². The van der Waals surface area contributed by atoms with Crippen LogP contribution < -0.4 is 0 Å². The summed E-state index contributed by atoms with van der Waals surface area (Å²) in [5, 5.41) is 8.97. The standard InChI is InChI=1S/C15H25NO5/c1-11(21-12-6-4-2-3-5-7-12)14(17)16-8-9-20-13(10-16)15(18)19/h11-13H,2-10H2,1H3,(H,18,19). The number of amides is 1. The van der Waals surface area contributed by atoms with Crippen LogP contribution in [0.3, 0.4) is 0 Å². The summed E-state index contributed by atoms with van der Waals surface area (Å²) < 4.78 is 11.0. The number of carbonyl (C=O) groups is 2. The van der Waals surface area contributed by atoms with Gasteiger partial charge in [-0.1, -0.05) is 25.7 Å². The first-order valence-corrected chi connectivity index (χ1v) is 7.86. The molecule has 2 atom stereocenters. The number of morpholine rings is 1. The third kappa shape index (κ3) is 4.68. The number of hydrogen-bond donors (Lipinski definition) is 1. The SMILES string of the molecule is CC(OC1CCCCCC1)C(=O)N1CCOC(C(=O)O)C1. The maximum absolute atomic E-state index is 12.4. The molecular weight excluding hydrogens is 274 g/mol. The maximum Gasteiger partial charge on any atom is 0.334 e. The van der Waals surface area contributed by atoms with E-state index in [1.165, 1.54) is 12.8 Å². The Morgan fingerprint density at radius 3 is 2.52 bits per heavy atom. The van der Waals surface area contributed by atoms with Crippen LogP contribution in [0.4, 0.5) is 0 Å². The Kier molecular flexibility index (Phi) is 5.99. The van der Waals surface area contributed by atoms with Gasteiger partial charge in [-0.3, -0.25) is 4.79 Å². The molecule has 0 spiro atoms. The summed E-state index contributed by atoms with van der Waals surface area (Å²) in [7, 11) is 0. The van der Waals surface area contributed by atoms with Crippen LogP contribution in [0.15, 0.2) is 0 Å². The molecule has 21 heavy (non-hydrogen) atoms. The molecule has 2 unspecified atom stereocenters. The second-order valence-electron chi connectivity index (χ2n) is 5.87. The van der Waals surface area contributed by atoms with Crippen molar-refractivity contribution in [2.75, 3.05) is 19.7 Å². The van der Waals surface area contributed by atoms with Crippen molar-refractivity contribution in [2.45, 2.75) is 63.8 Å². The summed E-state index contributed by atoms with van der Waals surface area (Å²) in [5.74, 6) is -1.15. The van der Waals surface area contributed by atoms with E-state index in [0.717, 1.165) is 25.7 Å². The van der Waals surface area contributed by atoms with Crippen LogP contribution >= 0.6 is 0 Å². The maximum atomic E-state index is 12.4. The molecule has 2 rings (SSSR count). The third-order valence-corrected chi connectivity index (χ3v) is 4.20. The molecule has 0 aromatic rings. The van der Waals surface area contributed by atoms with Gasteiger partial charge >= 0.3 is 5.97 Å². The molecule has 6 nitrogen and oxygen atoms in total. The molecule has 1 saturated heterocycles. The van der Waals surface area contributed by atoms with E-state index in [-0.39, 0.29) is 25.2 Å². The van der Waals surface area contributed by atoms with Gasteiger partial charge in [-0.2, -0.15) is 0 Å². The van der Waals surface area contributed by atoms with Crippen LogP contribution in [0.2, 0.25) is 0 Å². The Bertz CT molecular complexity index is 365. The van der Waals surface area contributed by atoms with Gasteiger partial charge in [-0.05, 0) is 19.8 Å². The van der Waals surface area contributed by atoms with Crippen molar-refractivity contribution >= 4 is 11.9 Å². The quantitative estimate of drug-likeness (QED) is 0.795. The van der Waals surface area contributed by atoms with Crippen molar-refractivity contribution < 1.29 is 24.2 Å². The molecule has 1 N–H and O–H groups in total. The summed E-state index contributed by atoms with van der Waals surface area (Å²) in [6.45, 7) is 2.56. The summed E-state index contributed by atoms with van der Waals surface area (Å²) in [6, 6.07) is 0. The fraction of sp³-hybridized carbons (Fsp3) is 0.867. The highest BCUT2D eigenvalue weighted by Crippen LogP contribution is 2.21. The molecule has 2 fully saturated rings. The van der Waals surface area contributed by atoms with Crippen molar-refractivity contribution in [1.82, 2.24) is 4.90 Å². The zero-order chi connectivity index (χ0) is 15.2. The number of aliphatic carboxylic acids is 1. The molecular formula is C15H25NO5. The number of hydrogen-bond acceptors (Lipinski definition) is 4. The molecule has 1 saturated carbocycles. The number of rotatable bonds is 4. The summed E-state index contributed by atoms with van der Waals surface area (Å²) in [6.07, 6.45) is 5.54. The number of nitrogens with zero attached hydrogens (tertiary/aromatic N) is 1. The van der Waals surface area contributed by atoms with Crippen LogP contribution in [-0.2, 0) is 19.1 Å². The van der Waals surface area contributed by atoms with Gasteiger partial charge in [0, 0.05) is 6.54 Å². The Balaban J connectivity index is 1.84. The minimum atomic E-state index is -1.02. The largest absolute Gasteiger partial charge is 0.479 e. The highest BCUT2D eigenvalue weighted by atomic mass is 16.5. The van der Waals surface area contributed by atoms with E-state index in [0.29, 0.717) is 6.54 Å². The molecule has 0 radical (unpaired) electrons. The Morgan fingerprint density at radius 2 is 1.90 bits per heavy atom. The summed E-state index contributed by atoms with van der Waals surface area (Å²) in [5.41, 5.74) is 0. The molecule has 0 bridgehead atoms. The van der Waals surface area contributed by atoms with Crippen molar-refractivity contribution in [3.63, 3.8) is 0 Å². The minimum absolute atomic E-state index is 0.104. The van der Waals surface area contributed by atoms with Gasteiger partial charge in [-0.15, -0.1) is 0 Å². The first-order valence-electron chi connectivity index (χ1n) is 7.86. The predicted octanol–water partition coefficient (Wildman–Crippen LogP) is 1.43. The van der Waals surface area contributed by atoms with Crippen LogP contribution in [0.5, 0.6) is 0 Å². The van der Waals surface area contributed by atoms with Gasteiger partial charge < -0.3 is 19.5 Å². The van der Waals surface area contributed by atoms with E-state index < -0.39 is 18.2 Å². The van der Waals surface area contributed by atoms with Gasteiger partial charge in [0.15, 0.2) is 6.10 Å². The lowest BCUT2D eigenvalue weighted by Gasteiger charge is -2.33. The first kappa shape index (κ1) is 16.2. The minimum Gasteiger partial charge on any atom is -0.479 e. The lowest BCUT2D eigenvalue weighted by Crippen LogP contribution is -2.51. The molecule has 1 aliphatic carbocycles. The Hall–Kier alpha value is -1.14. The van der Waals surface area contributed by atoms with Gasteiger partial charge in [-0.25, -0.2) is 4.79 Å². The van der Waals surface area contributed by atoms with Crippen LogP contribution in [-0.4, -0.2) is 59.9 Å². The van der Waals surface area contributed by atoms with E-state index in [1.54, 1.807) is 11.8 Å². The van der Waals surface area contributed by atoms with Crippen LogP contribution in [0, 0.1) is 0 Å². The summed E-state index contributed by atoms with van der Waals surface area (Å²) >= 11 is 0. The zero-order valence-corrected chi connectivity index (χ0v) is 12.6.